The molecule has 0 radical (unpaired) electrons. The standard InChI is InChI=1S/C6H8F3NO/c7-6(8,9)3-4-1-2-5(11)10-4/h4H,1-3H2,(H,10,11). The largest absolute Gasteiger partial charge is 0.391 e. The summed E-state index contributed by atoms with van der Waals surface area (Å²) in [4.78, 5) is 10.5. The van der Waals surface area contributed by atoms with Crippen molar-refractivity contribution in [3.8, 4) is 0 Å². The van der Waals surface area contributed by atoms with Gasteiger partial charge in [-0.3, -0.25) is 4.79 Å². The molecule has 1 aliphatic heterocycles. The Morgan fingerprint density at radius 2 is 2.18 bits per heavy atom. The maximum Gasteiger partial charge on any atom is 0.391 e. The van der Waals surface area contributed by atoms with Gasteiger partial charge in [0.25, 0.3) is 0 Å². The van der Waals surface area contributed by atoms with Crippen LogP contribution >= 0.6 is 0 Å². The highest BCUT2D eigenvalue weighted by Crippen LogP contribution is 2.25. The van der Waals surface area contributed by atoms with Crippen molar-refractivity contribution in [2.24, 2.45) is 0 Å². The molecule has 2 nitrogen and oxygen atoms in total. The molecule has 11 heavy (non-hydrogen) atoms. The van der Waals surface area contributed by atoms with E-state index in [2.05, 4.69) is 5.32 Å². The molecule has 0 aliphatic carbocycles. The van der Waals surface area contributed by atoms with Crippen LogP contribution in [0.5, 0.6) is 0 Å². The van der Waals surface area contributed by atoms with Crippen molar-refractivity contribution < 1.29 is 18.0 Å². The minimum Gasteiger partial charge on any atom is -0.353 e. The summed E-state index contributed by atoms with van der Waals surface area (Å²) in [6, 6.07) is -0.692. The molecule has 1 amide bonds. The molecule has 1 N–H and O–H groups in total. The summed E-state index contributed by atoms with van der Waals surface area (Å²) in [6.07, 6.45) is -4.54. The number of carbonyl (C=O) groups is 1. The van der Waals surface area contributed by atoms with Gasteiger partial charge in [0.05, 0.1) is 6.42 Å². The van der Waals surface area contributed by atoms with E-state index in [1.807, 2.05) is 0 Å². The highest BCUT2D eigenvalue weighted by atomic mass is 19.4. The molecule has 0 aromatic carbocycles. The molecule has 5 heteroatoms. The lowest BCUT2D eigenvalue weighted by Crippen LogP contribution is -2.30. The monoisotopic (exact) mass is 167 g/mol. The van der Waals surface area contributed by atoms with Crippen LogP contribution < -0.4 is 5.32 Å². The highest BCUT2D eigenvalue weighted by Gasteiger charge is 2.34. The van der Waals surface area contributed by atoms with Gasteiger partial charge in [-0.15, -0.1) is 0 Å². The van der Waals surface area contributed by atoms with Crippen molar-refractivity contribution in [3.05, 3.63) is 0 Å². The number of amides is 1. The fraction of sp³-hybridized carbons (Fsp3) is 0.833. The minimum absolute atomic E-state index is 0.223. The Morgan fingerprint density at radius 1 is 1.55 bits per heavy atom. The predicted octanol–water partition coefficient (Wildman–Crippen LogP) is 1.22. The van der Waals surface area contributed by atoms with E-state index in [1.54, 1.807) is 0 Å². The molecule has 1 aliphatic rings. The van der Waals surface area contributed by atoms with Gasteiger partial charge in [0.1, 0.15) is 0 Å². The van der Waals surface area contributed by atoms with Gasteiger partial charge in [0, 0.05) is 12.5 Å². The molecule has 1 unspecified atom stereocenters. The first-order valence-corrected chi connectivity index (χ1v) is 3.33. The summed E-state index contributed by atoms with van der Waals surface area (Å²) >= 11 is 0. The van der Waals surface area contributed by atoms with E-state index in [1.165, 1.54) is 0 Å². The molecule has 64 valence electrons. The van der Waals surface area contributed by atoms with E-state index in [0.717, 1.165) is 0 Å². The topological polar surface area (TPSA) is 29.1 Å². The van der Waals surface area contributed by atoms with Crippen LogP contribution in [0.2, 0.25) is 0 Å². The first kappa shape index (κ1) is 8.36. The van der Waals surface area contributed by atoms with Gasteiger partial charge >= 0.3 is 6.18 Å². The smallest absolute Gasteiger partial charge is 0.353 e. The molecule has 0 aromatic rings. The molecular weight excluding hydrogens is 159 g/mol. The van der Waals surface area contributed by atoms with Crippen LogP contribution in [0.25, 0.3) is 0 Å². The van der Waals surface area contributed by atoms with Crippen LogP contribution in [0, 0.1) is 0 Å². The second kappa shape index (κ2) is 2.71. The number of carbonyl (C=O) groups excluding carboxylic acids is 1. The third kappa shape index (κ3) is 2.78. The summed E-state index contributed by atoms with van der Waals surface area (Å²) in [6.45, 7) is 0. The first-order chi connectivity index (χ1) is 4.97. The number of hydrogen-bond donors (Lipinski definition) is 1. The van der Waals surface area contributed by atoms with Crippen molar-refractivity contribution in [3.63, 3.8) is 0 Å². The Hall–Kier alpha value is -0.740. The Kier molecular flexibility index (Phi) is 2.06. The van der Waals surface area contributed by atoms with E-state index < -0.39 is 18.6 Å². The van der Waals surface area contributed by atoms with Crippen LogP contribution in [0.1, 0.15) is 19.3 Å². The van der Waals surface area contributed by atoms with Crippen molar-refractivity contribution in [1.29, 1.82) is 0 Å². The zero-order valence-corrected chi connectivity index (χ0v) is 5.74. The Balaban J connectivity index is 2.34. The lowest BCUT2D eigenvalue weighted by Gasteiger charge is -2.11. The van der Waals surface area contributed by atoms with Crippen molar-refractivity contribution in [2.75, 3.05) is 0 Å². The Bertz CT molecular complexity index is 166. The summed E-state index contributed by atoms with van der Waals surface area (Å²) in [5.41, 5.74) is 0. The van der Waals surface area contributed by atoms with Gasteiger partial charge in [0.15, 0.2) is 0 Å². The number of alkyl halides is 3. The van der Waals surface area contributed by atoms with Crippen molar-refractivity contribution >= 4 is 5.91 Å². The third-order valence-corrected chi connectivity index (χ3v) is 1.56. The van der Waals surface area contributed by atoms with E-state index in [0.29, 0.717) is 6.42 Å². The summed E-state index contributed by atoms with van der Waals surface area (Å²) in [5, 5.41) is 2.25. The van der Waals surface area contributed by atoms with Crippen molar-refractivity contribution in [2.45, 2.75) is 31.5 Å². The molecule has 1 atom stereocenters. The predicted molar refractivity (Wildman–Crippen MR) is 31.8 cm³/mol. The van der Waals surface area contributed by atoms with Gasteiger partial charge in [-0.05, 0) is 6.42 Å². The van der Waals surface area contributed by atoms with Gasteiger partial charge in [-0.1, -0.05) is 0 Å². The van der Waals surface area contributed by atoms with Crippen LogP contribution in [-0.4, -0.2) is 18.1 Å². The van der Waals surface area contributed by atoms with Crippen LogP contribution in [-0.2, 0) is 4.79 Å². The SMILES string of the molecule is O=C1CCC(CC(F)(F)F)N1. The molecule has 0 aromatic heterocycles. The number of halogens is 3. The van der Waals surface area contributed by atoms with Crippen LogP contribution in [0.3, 0.4) is 0 Å². The zero-order valence-electron chi connectivity index (χ0n) is 5.74. The molecule has 0 spiro atoms. The highest BCUT2D eigenvalue weighted by molar-refractivity contribution is 5.78. The van der Waals surface area contributed by atoms with Gasteiger partial charge in [0.2, 0.25) is 5.91 Å². The molecule has 1 fully saturated rings. The minimum atomic E-state index is -4.16. The molecular formula is C6H8F3NO. The Morgan fingerprint density at radius 3 is 2.55 bits per heavy atom. The maximum absolute atomic E-state index is 11.7. The lowest BCUT2D eigenvalue weighted by atomic mass is 10.1. The van der Waals surface area contributed by atoms with Crippen LogP contribution in [0.4, 0.5) is 13.2 Å². The van der Waals surface area contributed by atoms with Crippen LogP contribution in [0.15, 0.2) is 0 Å². The third-order valence-electron chi connectivity index (χ3n) is 1.56. The molecule has 1 heterocycles. The molecule has 1 saturated heterocycles. The summed E-state index contributed by atoms with van der Waals surface area (Å²) < 4.78 is 35.0. The summed E-state index contributed by atoms with van der Waals surface area (Å²) in [5.74, 6) is -0.278. The van der Waals surface area contributed by atoms with Gasteiger partial charge < -0.3 is 5.32 Å². The quantitative estimate of drug-likeness (QED) is 0.625. The summed E-state index contributed by atoms with van der Waals surface area (Å²) in [7, 11) is 0. The van der Waals surface area contributed by atoms with Gasteiger partial charge in [-0.2, -0.15) is 13.2 Å². The second-order valence-corrected chi connectivity index (χ2v) is 2.62. The molecule has 1 rings (SSSR count). The molecule has 0 bridgehead atoms. The zero-order chi connectivity index (χ0) is 8.48. The van der Waals surface area contributed by atoms with Crippen molar-refractivity contribution in [1.82, 2.24) is 5.32 Å². The molecule has 0 saturated carbocycles. The average molecular weight is 167 g/mol. The first-order valence-electron chi connectivity index (χ1n) is 3.33. The Labute approximate surface area is 61.8 Å². The number of rotatable bonds is 1. The van der Waals surface area contributed by atoms with Gasteiger partial charge in [-0.25, -0.2) is 0 Å². The number of nitrogens with one attached hydrogen (secondary N) is 1. The average Bonchev–Trinajstić information content (AvgIpc) is 2.10. The fourth-order valence-electron chi connectivity index (χ4n) is 1.11. The number of hydrogen-bond acceptors (Lipinski definition) is 1. The van der Waals surface area contributed by atoms with E-state index >= 15 is 0 Å². The van der Waals surface area contributed by atoms with E-state index in [9.17, 15) is 18.0 Å². The normalized spacial score (nSPS) is 25.4. The fourth-order valence-corrected chi connectivity index (χ4v) is 1.11. The van der Waals surface area contributed by atoms with E-state index in [4.69, 9.17) is 0 Å². The van der Waals surface area contributed by atoms with E-state index in [-0.39, 0.29) is 12.3 Å². The maximum atomic E-state index is 11.7. The second-order valence-electron chi connectivity index (χ2n) is 2.62. The lowest BCUT2D eigenvalue weighted by molar-refractivity contribution is -0.139.